The van der Waals surface area contributed by atoms with Crippen molar-refractivity contribution in [3.63, 3.8) is 0 Å². The van der Waals surface area contributed by atoms with Gasteiger partial charge in [-0.3, -0.25) is 24.1 Å². The van der Waals surface area contributed by atoms with Crippen LogP contribution in [0.5, 0.6) is 5.75 Å². The fourth-order valence-electron chi connectivity index (χ4n) is 3.77. The predicted molar refractivity (Wildman–Crippen MR) is 99.4 cm³/mol. The summed E-state index contributed by atoms with van der Waals surface area (Å²) in [5, 5.41) is 2.60. The Morgan fingerprint density at radius 2 is 1.82 bits per heavy atom. The molecule has 1 saturated carbocycles. The third kappa shape index (κ3) is 4.49. The van der Waals surface area contributed by atoms with Crippen molar-refractivity contribution in [2.75, 3.05) is 25.6 Å². The number of benzene rings is 1. The van der Waals surface area contributed by atoms with Crippen molar-refractivity contribution < 1.29 is 28.7 Å². The first-order chi connectivity index (χ1) is 13.5. The minimum Gasteiger partial charge on any atom is -0.497 e. The number of hydrogen-bond acceptors (Lipinski definition) is 6. The summed E-state index contributed by atoms with van der Waals surface area (Å²) in [6.45, 7) is -0.440. The van der Waals surface area contributed by atoms with Crippen LogP contribution >= 0.6 is 0 Å². The van der Waals surface area contributed by atoms with Crippen molar-refractivity contribution in [1.82, 2.24) is 4.90 Å². The maximum Gasteiger partial charge on any atom is 0.308 e. The molecule has 3 rings (SSSR count). The van der Waals surface area contributed by atoms with Crippen molar-refractivity contribution in [2.45, 2.75) is 32.1 Å². The summed E-state index contributed by atoms with van der Waals surface area (Å²) < 4.78 is 10.0. The number of hydrogen-bond donors (Lipinski definition) is 1. The third-order valence-electron chi connectivity index (χ3n) is 5.19. The first kappa shape index (κ1) is 19.9. The van der Waals surface area contributed by atoms with E-state index in [1.54, 1.807) is 24.3 Å². The topological polar surface area (TPSA) is 102 Å². The van der Waals surface area contributed by atoms with E-state index < -0.39 is 18.5 Å². The van der Waals surface area contributed by atoms with Crippen LogP contribution < -0.4 is 10.1 Å². The summed E-state index contributed by atoms with van der Waals surface area (Å²) in [5.41, 5.74) is 0.524. The molecule has 28 heavy (non-hydrogen) atoms. The van der Waals surface area contributed by atoms with Crippen LogP contribution in [0.1, 0.15) is 32.1 Å². The Kier molecular flexibility index (Phi) is 6.28. The number of ether oxygens (including phenoxy) is 2. The molecule has 8 heteroatoms. The molecule has 0 bridgehead atoms. The molecule has 0 spiro atoms. The van der Waals surface area contributed by atoms with Crippen molar-refractivity contribution in [2.24, 2.45) is 11.8 Å². The summed E-state index contributed by atoms with van der Waals surface area (Å²) in [6.07, 6.45) is 3.27. The normalized spacial score (nSPS) is 21.2. The zero-order chi connectivity index (χ0) is 20.1. The minimum atomic E-state index is -0.628. The number of carbonyl (C=O) groups is 4. The van der Waals surface area contributed by atoms with Crippen molar-refractivity contribution in [3.8, 4) is 5.75 Å². The molecule has 2 atom stereocenters. The molecule has 1 heterocycles. The largest absolute Gasteiger partial charge is 0.497 e. The number of amides is 3. The fourth-order valence-corrected chi connectivity index (χ4v) is 3.77. The van der Waals surface area contributed by atoms with Gasteiger partial charge in [-0.05, 0) is 25.0 Å². The van der Waals surface area contributed by atoms with Gasteiger partial charge in [-0.15, -0.1) is 0 Å². The standard InChI is InChI=1S/C20H24N2O6/c1-27-14-6-4-5-13(11-14)21-17(23)12-28-18(24)9-10-22-19(25)15-7-2-3-8-16(15)20(22)26/h4-6,11,15-16H,2-3,7-10,12H2,1H3,(H,21,23)/t15-,16-/m1/s1. The molecule has 3 amide bonds. The van der Waals surface area contributed by atoms with Gasteiger partial charge in [0.2, 0.25) is 11.8 Å². The van der Waals surface area contributed by atoms with Gasteiger partial charge in [0, 0.05) is 18.3 Å². The smallest absolute Gasteiger partial charge is 0.308 e. The highest BCUT2D eigenvalue weighted by atomic mass is 16.5. The first-order valence-electron chi connectivity index (χ1n) is 9.44. The van der Waals surface area contributed by atoms with Gasteiger partial charge in [0.1, 0.15) is 5.75 Å². The lowest BCUT2D eigenvalue weighted by atomic mass is 9.81. The van der Waals surface area contributed by atoms with Crippen molar-refractivity contribution in [3.05, 3.63) is 24.3 Å². The van der Waals surface area contributed by atoms with Crippen LogP contribution in [0.4, 0.5) is 5.69 Å². The highest BCUT2D eigenvalue weighted by Crippen LogP contribution is 2.37. The van der Waals surface area contributed by atoms with E-state index in [4.69, 9.17) is 9.47 Å². The summed E-state index contributed by atoms with van der Waals surface area (Å²) in [5.74, 6) is -1.35. The van der Waals surface area contributed by atoms with Crippen LogP contribution in [0, 0.1) is 11.8 Å². The van der Waals surface area contributed by atoms with Crippen LogP contribution in [0.25, 0.3) is 0 Å². The van der Waals surface area contributed by atoms with Gasteiger partial charge in [-0.2, -0.15) is 0 Å². The number of anilines is 1. The molecule has 1 aromatic rings. The average Bonchev–Trinajstić information content (AvgIpc) is 2.95. The van der Waals surface area contributed by atoms with Crippen LogP contribution in [-0.4, -0.2) is 48.9 Å². The molecule has 1 aliphatic carbocycles. The van der Waals surface area contributed by atoms with E-state index in [2.05, 4.69) is 5.32 Å². The number of rotatable bonds is 7. The molecule has 2 aliphatic rings. The van der Waals surface area contributed by atoms with Crippen molar-refractivity contribution >= 4 is 29.4 Å². The van der Waals surface area contributed by atoms with Crippen molar-refractivity contribution in [1.29, 1.82) is 0 Å². The number of nitrogens with zero attached hydrogens (tertiary/aromatic N) is 1. The van der Waals surface area contributed by atoms with Crippen LogP contribution in [0.15, 0.2) is 24.3 Å². The van der Waals surface area contributed by atoms with Gasteiger partial charge >= 0.3 is 5.97 Å². The molecule has 1 N–H and O–H groups in total. The maximum atomic E-state index is 12.4. The number of carbonyl (C=O) groups excluding carboxylic acids is 4. The molecular weight excluding hydrogens is 364 g/mol. The Labute approximate surface area is 163 Å². The van der Waals surface area contributed by atoms with E-state index in [1.807, 2.05) is 0 Å². The Morgan fingerprint density at radius 1 is 1.14 bits per heavy atom. The van der Waals surface area contributed by atoms with Gasteiger partial charge in [0.15, 0.2) is 6.61 Å². The third-order valence-corrected chi connectivity index (χ3v) is 5.19. The van der Waals surface area contributed by atoms with Crippen LogP contribution in [-0.2, 0) is 23.9 Å². The second-order valence-electron chi connectivity index (χ2n) is 7.02. The van der Waals surface area contributed by atoms with E-state index in [1.165, 1.54) is 12.0 Å². The Balaban J connectivity index is 1.42. The van der Waals surface area contributed by atoms with Gasteiger partial charge < -0.3 is 14.8 Å². The quantitative estimate of drug-likeness (QED) is 0.564. The summed E-state index contributed by atoms with van der Waals surface area (Å²) >= 11 is 0. The van der Waals surface area contributed by atoms with Crippen LogP contribution in [0.3, 0.4) is 0 Å². The Morgan fingerprint density at radius 3 is 2.46 bits per heavy atom. The number of esters is 1. The molecule has 1 aromatic carbocycles. The Hall–Kier alpha value is -2.90. The molecule has 150 valence electrons. The zero-order valence-electron chi connectivity index (χ0n) is 15.8. The van der Waals surface area contributed by atoms with E-state index in [0.29, 0.717) is 11.4 Å². The predicted octanol–water partition coefficient (Wildman–Crippen LogP) is 1.74. The van der Waals surface area contributed by atoms with Gasteiger partial charge in [-0.1, -0.05) is 18.9 Å². The van der Waals surface area contributed by atoms with Gasteiger partial charge in [-0.25, -0.2) is 0 Å². The maximum absolute atomic E-state index is 12.4. The number of fused-ring (bicyclic) bond motifs is 1. The number of likely N-dealkylation sites (tertiary alicyclic amines) is 1. The second kappa shape index (κ2) is 8.86. The number of methoxy groups -OCH3 is 1. The molecule has 0 radical (unpaired) electrons. The lowest BCUT2D eigenvalue weighted by Crippen LogP contribution is -2.33. The first-order valence-corrected chi connectivity index (χ1v) is 9.44. The van der Waals surface area contributed by atoms with Crippen LogP contribution in [0.2, 0.25) is 0 Å². The van der Waals surface area contributed by atoms with E-state index in [-0.39, 0.29) is 36.6 Å². The molecular formula is C20H24N2O6. The number of nitrogens with one attached hydrogen (secondary N) is 1. The summed E-state index contributed by atoms with van der Waals surface area (Å²) in [4.78, 5) is 49.7. The molecule has 2 fully saturated rings. The molecule has 8 nitrogen and oxygen atoms in total. The van der Waals surface area contributed by atoms with Gasteiger partial charge in [0.05, 0.1) is 25.4 Å². The minimum absolute atomic E-state index is 0.000995. The number of imide groups is 1. The SMILES string of the molecule is COc1cccc(NC(=O)COC(=O)CCN2C(=O)[C@@H]3CCCC[C@H]3C2=O)c1. The van der Waals surface area contributed by atoms with E-state index in [0.717, 1.165) is 25.7 Å². The lowest BCUT2D eigenvalue weighted by Gasteiger charge is -2.19. The monoisotopic (exact) mass is 388 g/mol. The molecule has 1 saturated heterocycles. The molecule has 0 unspecified atom stereocenters. The Bertz CT molecular complexity index is 754. The van der Waals surface area contributed by atoms with E-state index in [9.17, 15) is 19.2 Å². The summed E-state index contributed by atoms with van der Waals surface area (Å²) in [7, 11) is 1.52. The second-order valence-corrected chi connectivity index (χ2v) is 7.02. The molecule has 0 aromatic heterocycles. The molecule has 1 aliphatic heterocycles. The lowest BCUT2D eigenvalue weighted by molar-refractivity contribution is -0.148. The van der Waals surface area contributed by atoms with Gasteiger partial charge in [0.25, 0.3) is 5.91 Å². The fraction of sp³-hybridized carbons (Fsp3) is 0.500. The average molecular weight is 388 g/mol. The zero-order valence-corrected chi connectivity index (χ0v) is 15.8. The highest BCUT2D eigenvalue weighted by Gasteiger charge is 2.47. The summed E-state index contributed by atoms with van der Waals surface area (Å²) in [6, 6.07) is 6.80. The van der Waals surface area contributed by atoms with E-state index >= 15 is 0 Å². The highest BCUT2D eigenvalue weighted by molar-refractivity contribution is 6.05.